The van der Waals surface area contributed by atoms with Crippen molar-refractivity contribution in [2.75, 3.05) is 19.7 Å². The molecule has 4 heterocycles. The van der Waals surface area contributed by atoms with Gasteiger partial charge in [-0.25, -0.2) is 8.78 Å². The fraction of sp³-hybridized carbons (Fsp3) is 0.636. The minimum atomic E-state index is -4.52. The average molecular weight is 523 g/mol. The number of fused-ring (bicyclic) bond motifs is 2. The summed E-state index contributed by atoms with van der Waals surface area (Å²) in [5.41, 5.74) is 0.565. The molecule has 2 aromatic rings. The van der Waals surface area contributed by atoms with E-state index in [2.05, 4.69) is 15.3 Å². The second-order valence-corrected chi connectivity index (χ2v) is 10.0. The van der Waals surface area contributed by atoms with E-state index in [0.29, 0.717) is 60.7 Å². The van der Waals surface area contributed by atoms with Crippen molar-refractivity contribution >= 4 is 17.2 Å². The molecule has 0 saturated carbocycles. The van der Waals surface area contributed by atoms with Crippen molar-refractivity contribution < 1.29 is 36.6 Å². The van der Waals surface area contributed by atoms with Crippen molar-refractivity contribution in [1.29, 1.82) is 0 Å². The number of thiophene rings is 1. The van der Waals surface area contributed by atoms with Gasteiger partial charge in [-0.3, -0.25) is 14.4 Å². The van der Waals surface area contributed by atoms with Crippen LogP contribution in [0.4, 0.5) is 22.0 Å². The number of nitrogens with zero attached hydrogens (tertiary/aromatic N) is 3. The van der Waals surface area contributed by atoms with Crippen LogP contribution in [0.5, 0.6) is 0 Å². The maximum atomic E-state index is 13.6. The lowest BCUT2D eigenvalue weighted by Gasteiger charge is -2.47. The van der Waals surface area contributed by atoms with Crippen LogP contribution in [-0.4, -0.2) is 57.9 Å². The summed E-state index contributed by atoms with van der Waals surface area (Å²) < 4.78 is 72.8. The first-order valence-electron chi connectivity index (χ1n) is 11.3. The Hall–Kier alpha value is -2.09. The third-order valence-corrected chi connectivity index (χ3v) is 8.06. The summed E-state index contributed by atoms with van der Waals surface area (Å²) in [5, 5.41) is 15.9. The van der Waals surface area contributed by atoms with E-state index in [1.54, 1.807) is 12.4 Å². The lowest BCUT2D eigenvalue weighted by Crippen LogP contribution is -2.50. The normalized spacial score (nSPS) is 23.1. The zero-order valence-electron chi connectivity index (χ0n) is 19.1. The zero-order chi connectivity index (χ0) is 25.4. The fourth-order valence-corrected chi connectivity index (χ4v) is 6.38. The van der Waals surface area contributed by atoms with Crippen molar-refractivity contribution in [3.8, 4) is 0 Å². The van der Waals surface area contributed by atoms with Gasteiger partial charge in [-0.2, -0.15) is 18.3 Å². The van der Waals surface area contributed by atoms with E-state index in [9.17, 15) is 31.9 Å². The average Bonchev–Trinajstić information content (AvgIpc) is 3.39. The molecule has 35 heavy (non-hydrogen) atoms. The largest absolute Gasteiger partial charge is 0.425 e. The maximum Gasteiger partial charge on any atom is 0.425 e. The molecule has 1 saturated heterocycles. The van der Waals surface area contributed by atoms with E-state index in [1.165, 1.54) is 4.68 Å². The number of ether oxygens (including phenoxy) is 1. The number of halogens is 5. The van der Waals surface area contributed by atoms with Gasteiger partial charge in [0, 0.05) is 41.3 Å². The Morgan fingerprint density at radius 2 is 2.20 bits per heavy atom. The first kappa shape index (κ1) is 26.0. The molecule has 0 aliphatic carbocycles. The first-order valence-corrected chi connectivity index (χ1v) is 12.1. The summed E-state index contributed by atoms with van der Waals surface area (Å²) in [6.45, 7) is 1.86. The number of alkyl halides is 5. The van der Waals surface area contributed by atoms with Gasteiger partial charge in [0.05, 0.1) is 26.0 Å². The van der Waals surface area contributed by atoms with Gasteiger partial charge < -0.3 is 15.2 Å². The molecule has 2 N–H and O–H groups in total. The molecule has 0 radical (unpaired) electrons. The minimum absolute atomic E-state index is 0.0126. The Morgan fingerprint density at radius 3 is 2.86 bits per heavy atom. The van der Waals surface area contributed by atoms with Crippen LogP contribution in [0.1, 0.15) is 46.2 Å². The maximum absolute atomic E-state index is 13.6. The summed E-state index contributed by atoms with van der Waals surface area (Å²) in [6, 6.07) is -0.0126. The van der Waals surface area contributed by atoms with Gasteiger partial charge in [0.1, 0.15) is 17.0 Å². The SMILES string of the molecule is C[C@H]1C[C@@]2(CCN1Cc1cnn(CC(=O)NCC(F)F)c1)OCCc1c2sc(C(F)(F)F)c1CO. The number of piperidine rings is 1. The van der Waals surface area contributed by atoms with Gasteiger partial charge in [-0.05, 0) is 31.7 Å². The Bertz CT molecular complexity index is 1060. The van der Waals surface area contributed by atoms with E-state index in [4.69, 9.17) is 4.74 Å². The Labute approximate surface area is 202 Å². The van der Waals surface area contributed by atoms with E-state index >= 15 is 0 Å². The number of likely N-dealkylation sites (tertiary alicyclic amines) is 1. The van der Waals surface area contributed by atoms with Crippen LogP contribution in [0.2, 0.25) is 0 Å². The Kier molecular flexibility index (Phi) is 7.51. The third kappa shape index (κ3) is 5.52. The molecular formula is C22H27F5N4O3S. The lowest BCUT2D eigenvalue weighted by atomic mass is 9.81. The fourth-order valence-electron chi connectivity index (χ4n) is 4.97. The van der Waals surface area contributed by atoms with Gasteiger partial charge >= 0.3 is 6.18 Å². The second-order valence-electron chi connectivity index (χ2n) is 8.98. The Morgan fingerprint density at radius 1 is 1.43 bits per heavy atom. The molecule has 194 valence electrons. The van der Waals surface area contributed by atoms with Gasteiger partial charge in [-0.1, -0.05) is 0 Å². The zero-order valence-corrected chi connectivity index (χ0v) is 19.9. The molecule has 0 bridgehead atoms. The highest BCUT2D eigenvalue weighted by Gasteiger charge is 2.48. The molecule has 2 aromatic heterocycles. The number of hydrogen-bond acceptors (Lipinski definition) is 6. The number of aromatic nitrogens is 2. The van der Waals surface area contributed by atoms with Crippen molar-refractivity contribution in [1.82, 2.24) is 20.0 Å². The van der Waals surface area contributed by atoms with E-state index in [0.717, 1.165) is 5.56 Å². The molecule has 1 fully saturated rings. The third-order valence-electron chi connectivity index (χ3n) is 6.56. The topological polar surface area (TPSA) is 79.6 Å². The quantitative estimate of drug-likeness (QED) is 0.546. The van der Waals surface area contributed by atoms with Gasteiger partial charge in [0.15, 0.2) is 0 Å². The van der Waals surface area contributed by atoms with Crippen LogP contribution in [-0.2, 0) is 47.4 Å². The molecule has 4 rings (SSSR count). The monoisotopic (exact) mass is 522 g/mol. The molecule has 2 aliphatic rings. The predicted octanol–water partition coefficient (Wildman–Crippen LogP) is 3.29. The molecule has 1 amide bonds. The van der Waals surface area contributed by atoms with Crippen LogP contribution in [0.3, 0.4) is 0 Å². The molecule has 7 nitrogen and oxygen atoms in total. The standard InChI is InChI=1S/C22H27F5N4O3S/c1-13-6-21(19-15(2-5-34-21)16(12-32)20(35-19)22(25,26)27)3-4-30(13)9-14-7-29-31(10-14)11-18(33)28-8-17(23)24/h7,10,13,17,32H,2-6,8-9,11-12H2,1H3,(H,28,33)/t13-,21+/m0/s1. The van der Waals surface area contributed by atoms with Crippen molar-refractivity contribution in [3.63, 3.8) is 0 Å². The minimum Gasteiger partial charge on any atom is -0.392 e. The van der Waals surface area contributed by atoms with Crippen molar-refractivity contribution in [2.45, 2.75) is 70.1 Å². The van der Waals surface area contributed by atoms with E-state index in [1.807, 2.05) is 6.92 Å². The first-order chi connectivity index (χ1) is 16.5. The summed E-state index contributed by atoms with van der Waals surface area (Å²) in [4.78, 5) is 13.7. The molecule has 0 aromatic carbocycles. The lowest BCUT2D eigenvalue weighted by molar-refractivity contribution is -0.135. The number of carbonyl (C=O) groups excluding carboxylic acids is 1. The van der Waals surface area contributed by atoms with E-state index < -0.39 is 42.1 Å². The number of aliphatic hydroxyl groups excluding tert-OH is 1. The number of carbonyl (C=O) groups is 1. The van der Waals surface area contributed by atoms with Crippen LogP contribution in [0.15, 0.2) is 12.4 Å². The molecule has 0 unspecified atom stereocenters. The van der Waals surface area contributed by atoms with Crippen molar-refractivity contribution in [3.05, 3.63) is 38.8 Å². The smallest absolute Gasteiger partial charge is 0.392 e. The van der Waals surface area contributed by atoms with Gasteiger partial charge in [-0.15, -0.1) is 11.3 Å². The summed E-state index contributed by atoms with van der Waals surface area (Å²) in [5.74, 6) is -0.560. The van der Waals surface area contributed by atoms with Crippen LogP contribution >= 0.6 is 11.3 Å². The van der Waals surface area contributed by atoms with Crippen LogP contribution in [0, 0.1) is 0 Å². The van der Waals surface area contributed by atoms with Crippen LogP contribution in [0.25, 0.3) is 0 Å². The van der Waals surface area contributed by atoms with Crippen LogP contribution < -0.4 is 5.32 Å². The summed E-state index contributed by atoms with van der Waals surface area (Å²) >= 11 is 0.694. The number of aliphatic hydroxyl groups is 1. The summed E-state index contributed by atoms with van der Waals surface area (Å²) in [6.07, 6.45) is -2.49. The van der Waals surface area contributed by atoms with Crippen molar-refractivity contribution in [2.24, 2.45) is 0 Å². The number of rotatable bonds is 7. The highest BCUT2D eigenvalue weighted by Crippen LogP contribution is 2.51. The molecule has 1 spiro atoms. The highest BCUT2D eigenvalue weighted by molar-refractivity contribution is 7.12. The molecular weight excluding hydrogens is 495 g/mol. The number of hydrogen-bond donors (Lipinski definition) is 2. The highest BCUT2D eigenvalue weighted by atomic mass is 32.1. The number of amides is 1. The van der Waals surface area contributed by atoms with E-state index in [-0.39, 0.29) is 18.2 Å². The summed E-state index contributed by atoms with van der Waals surface area (Å²) in [7, 11) is 0. The predicted molar refractivity (Wildman–Crippen MR) is 117 cm³/mol. The number of nitrogens with one attached hydrogen (secondary N) is 1. The molecule has 2 atom stereocenters. The molecule has 13 heteroatoms. The molecule has 2 aliphatic heterocycles. The Balaban J connectivity index is 1.44. The van der Waals surface area contributed by atoms with Gasteiger partial charge in [0.25, 0.3) is 6.43 Å². The second kappa shape index (κ2) is 10.1. The van der Waals surface area contributed by atoms with Gasteiger partial charge in [0.2, 0.25) is 5.91 Å².